The SMILES string of the molecule is C=CC(=O)OC(=CCCCC)OC(=O)C=C. The Morgan fingerprint density at radius 3 is 2.00 bits per heavy atom. The van der Waals surface area contributed by atoms with E-state index in [2.05, 4.69) is 13.2 Å². The number of ether oxygens (including phenoxy) is 2. The molecule has 88 valence electrons. The van der Waals surface area contributed by atoms with Crippen molar-refractivity contribution < 1.29 is 19.1 Å². The zero-order valence-corrected chi connectivity index (χ0v) is 9.40. The molecular formula is C12H16O4. The molecule has 0 N–H and O–H groups in total. The van der Waals surface area contributed by atoms with Crippen LogP contribution in [-0.4, -0.2) is 11.9 Å². The van der Waals surface area contributed by atoms with E-state index in [0.717, 1.165) is 25.0 Å². The predicted molar refractivity (Wildman–Crippen MR) is 60.2 cm³/mol. The van der Waals surface area contributed by atoms with E-state index in [1.54, 1.807) is 6.08 Å². The van der Waals surface area contributed by atoms with Gasteiger partial charge in [-0.05, 0) is 18.9 Å². The van der Waals surface area contributed by atoms with Crippen molar-refractivity contribution in [1.29, 1.82) is 0 Å². The van der Waals surface area contributed by atoms with E-state index in [1.807, 2.05) is 6.92 Å². The Balaban J connectivity index is 4.42. The van der Waals surface area contributed by atoms with Crippen LogP contribution in [0.15, 0.2) is 37.3 Å². The minimum atomic E-state index is -0.667. The largest absolute Gasteiger partial charge is 0.390 e. The van der Waals surface area contributed by atoms with E-state index in [0.29, 0.717) is 6.42 Å². The van der Waals surface area contributed by atoms with Gasteiger partial charge in [-0.15, -0.1) is 0 Å². The molecule has 0 heterocycles. The van der Waals surface area contributed by atoms with Crippen LogP contribution in [0.25, 0.3) is 0 Å². The average Bonchev–Trinajstić information content (AvgIpc) is 2.28. The van der Waals surface area contributed by atoms with E-state index in [4.69, 9.17) is 9.47 Å². The summed E-state index contributed by atoms with van der Waals surface area (Å²) < 4.78 is 9.46. The molecule has 0 aliphatic heterocycles. The monoisotopic (exact) mass is 224 g/mol. The molecule has 0 spiro atoms. The molecule has 4 heteroatoms. The predicted octanol–water partition coefficient (Wildman–Crippen LogP) is 2.48. The number of rotatable bonds is 7. The Bertz CT molecular complexity index is 278. The van der Waals surface area contributed by atoms with Crippen molar-refractivity contribution in [2.45, 2.75) is 26.2 Å². The Kier molecular flexibility index (Phi) is 7.49. The summed E-state index contributed by atoms with van der Waals surface area (Å²) in [5.74, 6) is -1.46. The van der Waals surface area contributed by atoms with Crippen molar-refractivity contribution in [2.75, 3.05) is 0 Å². The molecule has 16 heavy (non-hydrogen) atoms. The van der Waals surface area contributed by atoms with E-state index in [1.165, 1.54) is 0 Å². The maximum absolute atomic E-state index is 10.9. The Morgan fingerprint density at radius 1 is 1.12 bits per heavy atom. The van der Waals surface area contributed by atoms with Gasteiger partial charge in [-0.2, -0.15) is 0 Å². The lowest BCUT2D eigenvalue weighted by molar-refractivity contribution is -0.147. The molecule has 4 nitrogen and oxygen atoms in total. The Morgan fingerprint density at radius 2 is 1.62 bits per heavy atom. The van der Waals surface area contributed by atoms with E-state index >= 15 is 0 Å². The molecule has 0 aromatic rings. The van der Waals surface area contributed by atoms with Gasteiger partial charge in [-0.3, -0.25) is 0 Å². The van der Waals surface area contributed by atoms with Gasteiger partial charge in [0.05, 0.1) is 0 Å². The van der Waals surface area contributed by atoms with Gasteiger partial charge in [0.15, 0.2) is 0 Å². The van der Waals surface area contributed by atoms with Crippen LogP contribution in [0.5, 0.6) is 0 Å². The van der Waals surface area contributed by atoms with Crippen molar-refractivity contribution in [2.24, 2.45) is 0 Å². The first kappa shape index (κ1) is 14.2. The molecule has 0 saturated carbocycles. The fourth-order valence-electron chi connectivity index (χ4n) is 0.810. The molecule has 0 atom stereocenters. The first-order valence-corrected chi connectivity index (χ1v) is 5.02. The minimum absolute atomic E-state index is 0.122. The first-order valence-electron chi connectivity index (χ1n) is 5.02. The highest BCUT2D eigenvalue weighted by Crippen LogP contribution is 2.06. The third-order valence-corrected chi connectivity index (χ3v) is 1.60. The second kappa shape index (κ2) is 8.47. The number of esters is 2. The maximum atomic E-state index is 10.9. The van der Waals surface area contributed by atoms with Crippen LogP contribution in [0.2, 0.25) is 0 Å². The number of unbranched alkanes of at least 4 members (excludes halogenated alkanes) is 2. The molecule has 0 rings (SSSR count). The molecule has 0 aromatic carbocycles. The van der Waals surface area contributed by atoms with Gasteiger partial charge in [0.1, 0.15) is 0 Å². The molecular weight excluding hydrogens is 208 g/mol. The van der Waals surface area contributed by atoms with Crippen molar-refractivity contribution in [1.82, 2.24) is 0 Å². The summed E-state index contributed by atoms with van der Waals surface area (Å²) in [6.45, 7) is 8.52. The quantitative estimate of drug-likeness (QED) is 0.288. The van der Waals surface area contributed by atoms with Crippen molar-refractivity contribution in [3.8, 4) is 0 Å². The fourth-order valence-corrected chi connectivity index (χ4v) is 0.810. The summed E-state index contributed by atoms with van der Waals surface area (Å²) in [7, 11) is 0. The van der Waals surface area contributed by atoms with Crippen molar-refractivity contribution in [3.05, 3.63) is 37.3 Å². The summed E-state index contributed by atoms with van der Waals surface area (Å²) in [6, 6.07) is 0. The molecule has 0 fully saturated rings. The van der Waals surface area contributed by atoms with Crippen LogP contribution in [0.4, 0.5) is 0 Å². The van der Waals surface area contributed by atoms with Crippen molar-refractivity contribution >= 4 is 11.9 Å². The van der Waals surface area contributed by atoms with Gasteiger partial charge in [-0.25, -0.2) is 9.59 Å². The molecule has 0 unspecified atom stereocenters. The highest BCUT2D eigenvalue weighted by molar-refractivity contribution is 5.84. The lowest BCUT2D eigenvalue weighted by atomic mass is 10.2. The third kappa shape index (κ3) is 6.59. The van der Waals surface area contributed by atoms with Gasteiger partial charge in [-0.1, -0.05) is 26.5 Å². The lowest BCUT2D eigenvalue weighted by Crippen LogP contribution is -2.07. The smallest absolute Gasteiger partial charge is 0.337 e. The fraction of sp³-hybridized carbons (Fsp3) is 0.333. The molecule has 0 amide bonds. The average molecular weight is 224 g/mol. The highest BCUT2D eigenvalue weighted by Gasteiger charge is 2.07. The molecule has 0 aliphatic rings. The standard InChI is InChI=1S/C12H16O4/c1-4-7-8-9-12(15-10(13)5-2)16-11(14)6-3/h5-6,9H,2-4,7-8H2,1H3. The summed E-state index contributed by atoms with van der Waals surface area (Å²) in [6.07, 6.45) is 6.12. The van der Waals surface area contributed by atoms with E-state index in [-0.39, 0.29) is 5.95 Å². The van der Waals surface area contributed by atoms with Crippen LogP contribution in [0.1, 0.15) is 26.2 Å². The van der Waals surface area contributed by atoms with Gasteiger partial charge in [0, 0.05) is 12.2 Å². The van der Waals surface area contributed by atoms with E-state index in [9.17, 15) is 9.59 Å². The number of carbonyl (C=O) groups is 2. The number of allylic oxidation sites excluding steroid dienone is 1. The maximum Gasteiger partial charge on any atom is 0.337 e. The number of hydrogen-bond donors (Lipinski definition) is 0. The summed E-state index contributed by atoms with van der Waals surface area (Å²) >= 11 is 0. The van der Waals surface area contributed by atoms with Gasteiger partial charge >= 0.3 is 11.9 Å². The van der Waals surface area contributed by atoms with Crippen LogP contribution < -0.4 is 0 Å². The topological polar surface area (TPSA) is 52.6 Å². The first-order chi connectivity index (χ1) is 7.63. The number of hydrogen-bond acceptors (Lipinski definition) is 4. The molecule has 0 aliphatic carbocycles. The number of carbonyl (C=O) groups excluding carboxylic acids is 2. The van der Waals surface area contributed by atoms with Crippen LogP contribution in [0.3, 0.4) is 0 Å². The molecule has 0 radical (unpaired) electrons. The second-order valence-electron chi connectivity index (χ2n) is 2.92. The zero-order valence-electron chi connectivity index (χ0n) is 9.40. The Labute approximate surface area is 95.2 Å². The summed E-state index contributed by atoms with van der Waals surface area (Å²) in [5, 5.41) is 0. The normalized spacial score (nSPS) is 8.81. The van der Waals surface area contributed by atoms with Crippen LogP contribution >= 0.6 is 0 Å². The second-order valence-corrected chi connectivity index (χ2v) is 2.92. The van der Waals surface area contributed by atoms with Gasteiger partial charge < -0.3 is 9.47 Å². The van der Waals surface area contributed by atoms with Crippen molar-refractivity contribution in [3.63, 3.8) is 0 Å². The Hall–Kier alpha value is -1.84. The van der Waals surface area contributed by atoms with Gasteiger partial charge in [0.2, 0.25) is 0 Å². The third-order valence-electron chi connectivity index (χ3n) is 1.60. The van der Waals surface area contributed by atoms with Crippen LogP contribution in [-0.2, 0) is 19.1 Å². The molecule has 0 bridgehead atoms. The summed E-state index contributed by atoms with van der Waals surface area (Å²) in [5.41, 5.74) is 0. The molecule has 0 aromatic heterocycles. The zero-order chi connectivity index (χ0) is 12.4. The van der Waals surface area contributed by atoms with E-state index < -0.39 is 11.9 Å². The highest BCUT2D eigenvalue weighted by atomic mass is 16.7. The minimum Gasteiger partial charge on any atom is -0.390 e. The van der Waals surface area contributed by atoms with Crippen LogP contribution in [0, 0.1) is 0 Å². The molecule has 0 saturated heterocycles. The lowest BCUT2D eigenvalue weighted by Gasteiger charge is -2.05. The summed E-state index contributed by atoms with van der Waals surface area (Å²) in [4.78, 5) is 21.9. The van der Waals surface area contributed by atoms with Gasteiger partial charge in [0.25, 0.3) is 5.95 Å².